The summed E-state index contributed by atoms with van der Waals surface area (Å²) < 4.78 is 0. The first-order chi connectivity index (χ1) is 16.5. The predicted molar refractivity (Wildman–Crippen MR) is 144 cm³/mol. The van der Waals surface area contributed by atoms with E-state index in [-0.39, 0.29) is 76.6 Å². The van der Waals surface area contributed by atoms with Gasteiger partial charge < -0.3 is 20.4 Å². The molecule has 0 aliphatic rings. The third-order valence-corrected chi connectivity index (χ3v) is 5.36. The van der Waals surface area contributed by atoms with Crippen LogP contribution < -0.4 is 0 Å². The Bertz CT molecular complexity index is 411. The van der Waals surface area contributed by atoms with Crippen LogP contribution in [0, 0.1) is 23.7 Å². The first-order valence-corrected chi connectivity index (χ1v) is 13.6. The zero-order valence-corrected chi connectivity index (χ0v) is 26.1. The quantitative estimate of drug-likeness (QED) is 0.202. The topological polar surface area (TPSA) is 132 Å². The largest absolute Gasteiger partial charge is 0.396 e. The average molecular weight is 555 g/mol. The van der Waals surface area contributed by atoms with Gasteiger partial charge in [-0.2, -0.15) is 0 Å². The van der Waals surface area contributed by atoms with Crippen LogP contribution in [0.2, 0.25) is 0 Å². The molecule has 36 heavy (non-hydrogen) atoms. The molecule has 0 aromatic heterocycles. The van der Waals surface area contributed by atoms with Crippen LogP contribution in [0.15, 0.2) is 0 Å². The smallest absolute Gasteiger partial charge is 0.138 e. The maximum Gasteiger partial charge on any atom is 0.138 e. The minimum absolute atomic E-state index is 0. The summed E-state index contributed by atoms with van der Waals surface area (Å²) in [7, 11) is 0. The minimum Gasteiger partial charge on any atom is -0.396 e. The summed E-state index contributed by atoms with van der Waals surface area (Å²) in [6.07, 6.45) is 6.76. The Morgan fingerprint density at radius 1 is 0.500 bits per heavy atom. The molecular formula is C28H58O7Ti. The van der Waals surface area contributed by atoms with E-state index in [1.54, 1.807) is 0 Å². The van der Waals surface area contributed by atoms with Crippen molar-refractivity contribution in [3.63, 3.8) is 0 Å². The SMILES string of the molecule is CC(C)CO.CCCC(=O)C(CC)CO.CCCC(=O)C(CC)CO.CCCC(=O)C(CC)CO.[Ti]. The molecule has 216 valence electrons. The number of ketones is 3. The van der Waals surface area contributed by atoms with Gasteiger partial charge in [0.25, 0.3) is 0 Å². The normalized spacial score (nSPS) is 12.2. The Morgan fingerprint density at radius 2 is 0.694 bits per heavy atom. The molecule has 0 aromatic rings. The summed E-state index contributed by atoms with van der Waals surface area (Å²) in [6.45, 7) is 16.0. The average Bonchev–Trinajstić information content (AvgIpc) is 2.83. The molecule has 3 atom stereocenters. The summed E-state index contributed by atoms with van der Waals surface area (Å²) in [6, 6.07) is 0. The molecule has 7 nitrogen and oxygen atoms in total. The molecular weight excluding hydrogens is 496 g/mol. The molecule has 8 heteroatoms. The van der Waals surface area contributed by atoms with Gasteiger partial charge in [0.05, 0.1) is 19.8 Å². The van der Waals surface area contributed by atoms with Gasteiger partial charge in [0.1, 0.15) is 17.3 Å². The Labute approximate surface area is 236 Å². The van der Waals surface area contributed by atoms with Gasteiger partial charge in [0.2, 0.25) is 0 Å². The van der Waals surface area contributed by atoms with Gasteiger partial charge >= 0.3 is 0 Å². The fourth-order valence-corrected chi connectivity index (χ4v) is 2.73. The van der Waals surface area contributed by atoms with Crippen molar-refractivity contribution >= 4 is 17.3 Å². The van der Waals surface area contributed by atoms with Crippen molar-refractivity contribution in [2.45, 2.75) is 113 Å². The van der Waals surface area contributed by atoms with Crippen molar-refractivity contribution in [2.75, 3.05) is 26.4 Å². The van der Waals surface area contributed by atoms with Gasteiger partial charge in [0.15, 0.2) is 0 Å². The van der Waals surface area contributed by atoms with Gasteiger partial charge in [-0.15, -0.1) is 0 Å². The van der Waals surface area contributed by atoms with Crippen LogP contribution in [0.5, 0.6) is 0 Å². The zero-order valence-electron chi connectivity index (χ0n) is 24.5. The Morgan fingerprint density at radius 3 is 0.778 bits per heavy atom. The van der Waals surface area contributed by atoms with Crippen molar-refractivity contribution in [1.82, 2.24) is 0 Å². The second-order valence-corrected chi connectivity index (χ2v) is 9.09. The Balaban J connectivity index is -0.000000121. The summed E-state index contributed by atoms with van der Waals surface area (Å²) >= 11 is 0. The number of carbonyl (C=O) groups is 3. The van der Waals surface area contributed by atoms with Gasteiger partial charge in [-0.25, -0.2) is 0 Å². The molecule has 0 amide bonds. The van der Waals surface area contributed by atoms with Crippen molar-refractivity contribution in [3.8, 4) is 0 Å². The van der Waals surface area contributed by atoms with Crippen LogP contribution in [-0.2, 0) is 36.1 Å². The van der Waals surface area contributed by atoms with Crippen LogP contribution in [0.25, 0.3) is 0 Å². The molecule has 0 saturated carbocycles. The van der Waals surface area contributed by atoms with E-state index in [0.29, 0.717) is 31.8 Å². The summed E-state index contributed by atoms with van der Waals surface area (Å²) in [5, 5.41) is 34.3. The summed E-state index contributed by atoms with van der Waals surface area (Å²) in [4.78, 5) is 33.1. The maximum atomic E-state index is 11.0. The number of rotatable bonds is 16. The predicted octanol–water partition coefficient (Wildman–Crippen LogP) is 4.75. The summed E-state index contributed by atoms with van der Waals surface area (Å²) in [5.74, 6) is 0.711. The number of aliphatic hydroxyl groups is 4. The third-order valence-electron chi connectivity index (χ3n) is 5.36. The van der Waals surface area contributed by atoms with Crippen LogP contribution in [0.1, 0.15) is 113 Å². The first-order valence-electron chi connectivity index (χ1n) is 13.6. The van der Waals surface area contributed by atoms with Crippen molar-refractivity contribution in [3.05, 3.63) is 0 Å². The monoisotopic (exact) mass is 554 g/mol. The van der Waals surface area contributed by atoms with Crippen molar-refractivity contribution in [1.29, 1.82) is 0 Å². The molecule has 0 rings (SSSR count). The minimum atomic E-state index is -0.111. The molecule has 0 bridgehead atoms. The van der Waals surface area contributed by atoms with Gasteiger partial charge in [-0.05, 0) is 44.4 Å². The van der Waals surface area contributed by atoms with Crippen LogP contribution >= 0.6 is 0 Å². The number of hydrogen-bond acceptors (Lipinski definition) is 7. The fraction of sp³-hybridized carbons (Fsp3) is 0.893. The molecule has 0 radical (unpaired) electrons. The van der Waals surface area contributed by atoms with E-state index < -0.39 is 0 Å². The van der Waals surface area contributed by atoms with Gasteiger partial charge in [0, 0.05) is 65.3 Å². The number of aliphatic hydroxyl groups excluding tert-OH is 4. The Hall–Kier alpha value is -0.436. The second-order valence-electron chi connectivity index (χ2n) is 9.09. The van der Waals surface area contributed by atoms with Crippen LogP contribution in [0.4, 0.5) is 0 Å². The van der Waals surface area contributed by atoms with E-state index >= 15 is 0 Å². The number of Topliss-reactive ketones (excluding diaryl/α,β-unsaturated/α-hetero) is 3. The fourth-order valence-electron chi connectivity index (χ4n) is 2.73. The van der Waals surface area contributed by atoms with E-state index in [1.807, 2.05) is 55.4 Å². The molecule has 0 aliphatic heterocycles. The third kappa shape index (κ3) is 29.8. The second kappa shape index (κ2) is 34.6. The number of carbonyl (C=O) groups excluding carboxylic acids is 3. The van der Waals surface area contributed by atoms with E-state index in [2.05, 4.69) is 0 Å². The molecule has 0 aromatic carbocycles. The molecule has 4 N–H and O–H groups in total. The maximum absolute atomic E-state index is 11.0. The molecule has 0 aliphatic carbocycles. The van der Waals surface area contributed by atoms with Crippen LogP contribution in [0.3, 0.4) is 0 Å². The summed E-state index contributed by atoms with van der Waals surface area (Å²) in [5.41, 5.74) is 0. The molecule has 0 fully saturated rings. The zero-order chi connectivity index (χ0) is 28.2. The molecule has 0 heterocycles. The molecule has 0 spiro atoms. The number of hydrogen-bond donors (Lipinski definition) is 4. The standard InChI is InChI=1S/3C8H16O2.C4H10O.Ti/c3*1-3-5-8(10)7(4-2)6-9;1-4(2)3-5;/h3*7,9H,3-6H2,1-2H3;4-5H,3H2,1-2H3;. The van der Waals surface area contributed by atoms with Gasteiger partial charge in [-0.1, -0.05) is 55.4 Å². The molecule has 3 unspecified atom stereocenters. The van der Waals surface area contributed by atoms with Crippen molar-refractivity contribution in [2.24, 2.45) is 23.7 Å². The van der Waals surface area contributed by atoms with E-state index in [4.69, 9.17) is 20.4 Å². The van der Waals surface area contributed by atoms with Crippen LogP contribution in [-0.4, -0.2) is 64.2 Å². The van der Waals surface area contributed by atoms with E-state index in [1.165, 1.54) is 0 Å². The molecule has 0 saturated heterocycles. The first kappa shape index (κ1) is 45.5. The van der Waals surface area contributed by atoms with Gasteiger partial charge in [-0.3, -0.25) is 14.4 Å². The van der Waals surface area contributed by atoms with Crippen molar-refractivity contribution < 1.29 is 56.5 Å². The van der Waals surface area contributed by atoms with E-state index in [9.17, 15) is 14.4 Å². The van der Waals surface area contributed by atoms with E-state index in [0.717, 1.165) is 38.5 Å². The Kier molecular flexibility index (Phi) is 43.7.